The Morgan fingerprint density at radius 3 is 2.62 bits per heavy atom. The lowest BCUT2D eigenvalue weighted by molar-refractivity contribution is -0.274. The summed E-state index contributed by atoms with van der Waals surface area (Å²) in [5.74, 6) is 0.788. The number of aliphatic imine (C=N–C) groups is 1. The number of benzene rings is 3. The number of halogens is 3. The van der Waals surface area contributed by atoms with Gasteiger partial charge in [0.05, 0.1) is 17.1 Å². The minimum Gasteiger partial charge on any atom is -0.406 e. The van der Waals surface area contributed by atoms with Crippen LogP contribution in [-0.4, -0.2) is 49.6 Å². The predicted molar refractivity (Wildman–Crippen MR) is 175 cm³/mol. The van der Waals surface area contributed by atoms with Crippen molar-refractivity contribution in [3.05, 3.63) is 90.3 Å². The van der Waals surface area contributed by atoms with E-state index < -0.39 is 6.36 Å². The molecule has 0 unspecified atom stereocenters. The summed E-state index contributed by atoms with van der Waals surface area (Å²) in [6.45, 7) is 4.85. The van der Waals surface area contributed by atoms with Gasteiger partial charge >= 0.3 is 6.36 Å². The van der Waals surface area contributed by atoms with Crippen LogP contribution in [0.1, 0.15) is 43.7 Å². The van der Waals surface area contributed by atoms with E-state index in [0.29, 0.717) is 34.1 Å². The number of unbranched alkanes of at least 4 members (excludes halogenated alkanes) is 1. The maximum absolute atomic E-state index is 12.7. The Labute approximate surface area is 268 Å². The molecule has 1 N–H and O–H groups in total. The molecule has 5 rings (SSSR count). The van der Waals surface area contributed by atoms with E-state index in [4.69, 9.17) is 12.2 Å². The zero-order valence-corrected chi connectivity index (χ0v) is 26.3. The molecule has 0 atom stereocenters. The summed E-state index contributed by atoms with van der Waals surface area (Å²) in [6.07, 6.45) is -0.622. The number of anilines is 1. The highest BCUT2D eigenvalue weighted by molar-refractivity contribution is 8.15. The first-order valence-electron chi connectivity index (χ1n) is 14.4. The Morgan fingerprint density at radius 2 is 1.87 bits per heavy atom. The van der Waals surface area contributed by atoms with Crippen molar-refractivity contribution in [2.75, 3.05) is 17.2 Å². The summed E-state index contributed by atoms with van der Waals surface area (Å²) in [5.41, 5.74) is 4.45. The molecule has 0 aliphatic carbocycles. The van der Waals surface area contributed by atoms with E-state index in [0.717, 1.165) is 41.6 Å². The summed E-state index contributed by atoms with van der Waals surface area (Å²) in [6, 6.07) is 21.2. The first-order chi connectivity index (χ1) is 21.6. The van der Waals surface area contributed by atoms with Crippen molar-refractivity contribution in [1.82, 2.24) is 20.1 Å². The van der Waals surface area contributed by atoms with Crippen LogP contribution in [0, 0.1) is 0 Å². The van der Waals surface area contributed by atoms with Crippen molar-refractivity contribution in [1.29, 1.82) is 0 Å². The monoisotopic (exact) mass is 652 g/mol. The van der Waals surface area contributed by atoms with Crippen molar-refractivity contribution in [3.8, 4) is 22.8 Å². The number of hydrogen-bond acceptors (Lipinski definition) is 6. The Kier molecular flexibility index (Phi) is 10.2. The van der Waals surface area contributed by atoms with Gasteiger partial charge in [-0.25, -0.2) is 9.67 Å². The minimum atomic E-state index is -4.74. The topological polar surface area (TPSA) is 84.6 Å². The van der Waals surface area contributed by atoms with E-state index in [1.165, 1.54) is 47.0 Å². The summed E-state index contributed by atoms with van der Waals surface area (Å²) in [4.78, 5) is 23.3. The molecular weight excluding hydrogens is 622 g/mol. The number of aromatic nitrogens is 3. The Bertz CT molecular complexity index is 1690. The Hall–Kier alpha value is -4.23. The van der Waals surface area contributed by atoms with Crippen LogP contribution >= 0.6 is 24.0 Å². The number of para-hydroxylation sites is 1. The van der Waals surface area contributed by atoms with Crippen LogP contribution in [0.2, 0.25) is 0 Å². The predicted octanol–water partition coefficient (Wildman–Crippen LogP) is 7.29. The van der Waals surface area contributed by atoms with E-state index in [1.54, 1.807) is 4.90 Å². The molecule has 0 saturated carbocycles. The highest BCUT2D eigenvalue weighted by atomic mass is 32.2. The van der Waals surface area contributed by atoms with Gasteiger partial charge in [-0.1, -0.05) is 62.0 Å². The van der Waals surface area contributed by atoms with Crippen LogP contribution in [0.4, 0.5) is 18.9 Å². The van der Waals surface area contributed by atoms with Gasteiger partial charge < -0.3 is 10.1 Å². The molecule has 13 heteroatoms. The zero-order chi connectivity index (χ0) is 32.0. The fraction of sp³-hybridized carbons (Fsp3) is 0.281. The molecule has 0 bridgehead atoms. The van der Waals surface area contributed by atoms with Gasteiger partial charge in [0, 0.05) is 12.1 Å². The van der Waals surface area contributed by atoms with E-state index in [-0.39, 0.29) is 17.6 Å². The molecule has 0 spiro atoms. The lowest BCUT2D eigenvalue weighted by Gasteiger charge is -2.21. The lowest BCUT2D eigenvalue weighted by Crippen LogP contribution is -2.32. The number of alkyl halides is 3. The number of aryl methyl sites for hydroxylation is 1. The number of thiocarbonyl (C=S) groups is 1. The fourth-order valence-corrected chi connectivity index (χ4v) is 5.94. The van der Waals surface area contributed by atoms with Gasteiger partial charge in [0.2, 0.25) is 5.91 Å². The first kappa shape index (κ1) is 32.2. The number of carbonyl (C=O) groups is 1. The van der Waals surface area contributed by atoms with Crippen molar-refractivity contribution < 1.29 is 22.7 Å². The minimum absolute atomic E-state index is 0.00698. The molecule has 1 aliphatic heterocycles. The molecule has 2 heterocycles. The van der Waals surface area contributed by atoms with Gasteiger partial charge in [0.25, 0.3) is 0 Å². The molecule has 1 fully saturated rings. The average Bonchev–Trinajstić information content (AvgIpc) is 3.64. The molecule has 1 aromatic heterocycles. The number of hydrogen-bond donors (Lipinski definition) is 1. The smallest absolute Gasteiger partial charge is 0.406 e. The largest absolute Gasteiger partial charge is 0.573 e. The second-order valence-corrected chi connectivity index (χ2v) is 11.9. The average molecular weight is 653 g/mol. The highest BCUT2D eigenvalue weighted by Gasteiger charge is 2.32. The van der Waals surface area contributed by atoms with Crippen molar-refractivity contribution in [3.63, 3.8) is 0 Å². The summed E-state index contributed by atoms with van der Waals surface area (Å²) in [5, 5.41) is 8.63. The highest BCUT2D eigenvalue weighted by Crippen LogP contribution is 2.33. The Morgan fingerprint density at radius 1 is 1.09 bits per heavy atom. The molecule has 8 nitrogen and oxygen atoms in total. The zero-order valence-electron chi connectivity index (χ0n) is 24.6. The number of rotatable bonds is 10. The second-order valence-electron chi connectivity index (χ2n) is 10.6. The van der Waals surface area contributed by atoms with Crippen LogP contribution in [0.3, 0.4) is 0 Å². The van der Waals surface area contributed by atoms with Gasteiger partial charge in [0.1, 0.15) is 12.1 Å². The number of amidine groups is 1. The SMILES string of the molecule is CC(C)c1ccccc1N1C(=O)CSC1=NC(=S)NCCCCc1cccc(-c2ncn(-c3ccc(OC(F)(F)F)cc3)n2)c1. The van der Waals surface area contributed by atoms with E-state index >= 15 is 0 Å². The molecule has 45 heavy (non-hydrogen) atoms. The molecule has 0 radical (unpaired) electrons. The molecule has 1 aliphatic rings. The maximum Gasteiger partial charge on any atom is 0.573 e. The molecule has 1 amide bonds. The first-order valence-corrected chi connectivity index (χ1v) is 15.7. The van der Waals surface area contributed by atoms with Crippen molar-refractivity contribution in [2.24, 2.45) is 4.99 Å². The summed E-state index contributed by atoms with van der Waals surface area (Å²) < 4.78 is 42.7. The third-order valence-corrected chi connectivity index (χ3v) is 8.10. The maximum atomic E-state index is 12.7. The number of nitrogens with one attached hydrogen (secondary N) is 1. The van der Waals surface area contributed by atoms with Crippen LogP contribution < -0.4 is 15.0 Å². The number of carbonyl (C=O) groups excluding carboxylic acids is 1. The van der Waals surface area contributed by atoms with Crippen LogP contribution in [0.15, 0.2) is 84.1 Å². The Balaban J connectivity index is 1.12. The van der Waals surface area contributed by atoms with Crippen LogP contribution in [-0.2, 0) is 11.2 Å². The second kappa shape index (κ2) is 14.2. The summed E-state index contributed by atoms with van der Waals surface area (Å²) >= 11 is 6.87. The van der Waals surface area contributed by atoms with Crippen molar-refractivity contribution >= 4 is 45.9 Å². The number of amides is 1. The third-order valence-electron chi connectivity index (χ3n) is 6.94. The molecule has 4 aromatic rings. The summed E-state index contributed by atoms with van der Waals surface area (Å²) in [7, 11) is 0. The van der Waals surface area contributed by atoms with E-state index in [9.17, 15) is 18.0 Å². The molecule has 3 aromatic carbocycles. The third kappa shape index (κ3) is 8.49. The van der Waals surface area contributed by atoms with Crippen LogP contribution in [0.25, 0.3) is 17.1 Å². The molecule has 234 valence electrons. The lowest BCUT2D eigenvalue weighted by atomic mass is 10.0. The van der Waals surface area contributed by atoms with E-state index in [2.05, 4.69) is 39.0 Å². The normalized spacial score (nSPS) is 14.4. The fourth-order valence-electron chi connectivity index (χ4n) is 4.82. The standard InChI is InChI=1S/C32H31F3N6O2S2/c1-21(2)26-11-3-4-12-27(26)41-28(42)19-45-31(41)38-30(44)36-17-6-5-8-22-9-7-10-23(18-22)29-37-20-40(39-29)24-13-15-25(16-14-24)43-32(33,34)35/h3-4,7,9-16,18,20-21H,5-6,8,17,19H2,1-2H3,(H,36,44). The number of ether oxygens (including phenoxy) is 1. The number of thioether (sulfide) groups is 1. The van der Waals surface area contributed by atoms with Gasteiger partial charge in [-0.2, -0.15) is 4.99 Å². The van der Waals surface area contributed by atoms with Gasteiger partial charge in [-0.15, -0.1) is 18.3 Å². The van der Waals surface area contributed by atoms with Crippen LogP contribution in [0.5, 0.6) is 5.75 Å². The van der Waals surface area contributed by atoms with Gasteiger partial charge in [-0.05, 0) is 84.9 Å². The van der Waals surface area contributed by atoms with E-state index in [1.807, 2.05) is 48.5 Å². The van der Waals surface area contributed by atoms with Crippen molar-refractivity contribution in [2.45, 2.75) is 45.4 Å². The molecule has 1 saturated heterocycles. The van der Waals surface area contributed by atoms with Gasteiger partial charge in [-0.3, -0.25) is 9.69 Å². The van der Waals surface area contributed by atoms with Gasteiger partial charge in [0.15, 0.2) is 16.1 Å². The quantitative estimate of drug-likeness (QED) is 0.142. The number of nitrogens with zero attached hydrogens (tertiary/aromatic N) is 5. The molecular formula is C32H31F3N6O2S2.